The third-order valence-electron chi connectivity index (χ3n) is 6.17. The Balaban J connectivity index is 1.76. The first-order valence-corrected chi connectivity index (χ1v) is 10.7. The molecule has 6 nitrogen and oxygen atoms in total. The van der Waals surface area contributed by atoms with Crippen molar-refractivity contribution in [3.63, 3.8) is 0 Å². The molecule has 6 heteroatoms. The number of ether oxygens (including phenoxy) is 1. The number of hydrogen-bond acceptors (Lipinski definition) is 4. The van der Waals surface area contributed by atoms with E-state index in [4.69, 9.17) is 4.74 Å². The van der Waals surface area contributed by atoms with Crippen molar-refractivity contribution in [1.82, 2.24) is 4.90 Å². The molecule has 0 spiro atoms. The number of aryl methyl sites for hydroxylation is 2. The lowest BCUT2D eigenvalue weighted by atomic mass is 10.0. The van der Waals surface area contributed by atoms with Crippen LogP contribution < -0.4 is 10.2 Å². The van der Waals surface area contributed by atoms with Gasteiger partial charge in [-0.1, -0.05) is 30.7 Å². The van der Waals surface area contributed by atoms with Crippen LogP contribution in [0.3, 0.4) is 0 Å². The standard InChI is InChI=1S/C24H29N3O3/c1-17(26-14-6-3-7-15-26)23(28)27-21-9-5-4-8-18(21)10-11-19-12-13-20(16-22(19)27)25-24(29)30-2/h4-5,8-9,12-13,16-17H,3,6-7,10-11,14-15H2,1-2H3,(H,25,29)/t17-/m1/s1. The first-order chi connectivity index (χ1) is 14.6. The Bertz CT molecular complexity index is 937. The zero-order chi connectivity index (χ0) is 21.1. The molecule has 2 aromatic rings. The van der Waals surface area contributed by atoms with Crippen molar-refractivity contribution in [2.75, 3.05) is 30.4 Å². The molecule has 2 aliphatic heterocycles. The number of amides is 2. The molecule has 1 saturated heterocycles. The van der Waals surface area contributed by atoms with Crippen LogP contribution in [0.5, 0.6) is 0 Å². The molecule has 158 valence electrons. The van der Waals surface area contributed by atoms with Crippen LogP contribution in [0.1, 0.15) is 37.3 Å². The van der Waals surface area contributed by atoms with Crippen LogP contribution >= 0.6 is 0 Å². The van der Waals surface area contributed by atoms with E-state index >= 15 is 0 Å². The molecule has 30 heavy (non-hydrogen) atoms. The van der Waals surface area contributed by atoms with E-state index in [0.717, 1.165) is 61.3 Å². The lowest BCUT2D eigenvalue weighted by molar-refractivity contribution is -0.122. The Morgan fingerprint density at radius 1 is 0.967 bits per heavy atom. The number of nitrogens with zero attached hydrogens (tertiary/aromatic N) is 2. The van der Waals surface area contributed by atoms with Crippen LogP contribution in [0.4, 0.5) is 21.9 Å². The average Bonchev–Trinajstić information content (AvgIpc) is 2.95. The first-order valence-electron chi connectivity index (χ1n) is 10.7. The number of nitrogens with one attached hydrogen (secondary N) is 1. The molecule has 0 unspecified atom stereocenters. The van der Waals surface area contributed by atoms with Gasteiger partial charge >= 0.3 is 6.09 Å². The fraction of sp³-hybridized carbons (Fsp3) is 0.417. The molecule has 1 N–H and O–H groups in total. The second-order valence-electron chi connectivity index (χ2n) is 8.04. The zero-order valence-electron chi connectivity index (χ0n) is 17.7. The smallest absolute Gasteiger partial charge is 0.411 e. The number of anilines is 3. The molecule has 0 bridgehead atoms. The third-order valence-corrected chi connectivity index (χ3v) is 6.17. The van der Waals surface area contributed by atoms with E-state index in [9.17, 15) is 9.59 Å². The van der Waals surface area contributed by atoms with E-state index in [-0.39, 0.29) is 11.9 Å². The summed E-state index contributed by atoms with van der Waals surface area (Å²) in [7, 11) is 1.34. The summed E-state index contributed by atoms with van der Waals surface area (Å²) in [6.45, 7) is 3.93. The molecule has 2 aliphatic rings. The van der Waals surface area contributed by atoms with Crippen molar-refractivity contribution in [3.05, 3.63) is 53.6 Å². The molecule has 1 atom stereocenters. The van der Waals surface area contributed by atoms with Gasteiger partial charge in [0, 0.05) is 5.69 Å². The van der Waals surface area contributed by atoms with Gasteiger partial charge in [0.1, 0.15) is 0 Å². The maximum absolute atomic E-state index is 13.8. The summed E-state index contributed by atoms with van der Waals surface area (Å²) in [6, 6.07) is 13.7. The van der Waals surface area contributed by atoms with Gasteiger partial charge in [-0.25, -0.2) is 4.79 Å². The molecule has 0 saturated carbocycles. The van der Waals surface area contributed by atoms with Gasteiger partial charge in [-0.2, -0.15) is 0 Å². The van der Waals surface area contributed by atoms with Crippen molar-refractivity contribution in [2.24, 2.45) is 0 Å². The number of benzene rings is 2. The highest BCUT2D eigenvalue weighted by atomic mass is 16.5. The van der Waals surface area contributed by atoms with Gasteiger partial charge in [-0.3, -0.25) is 19.9 Å². The summed E-state index contributed by atoms with van der Waals surface area (Å²) in [5, 5.41) is 2.73. The Kier molecular flexibility index (Phi) is 6.04. The van der Waals surface area contributed by atoms with Gasteiger partial charge in [0.25, 0.3) is 0 Å². The molecular formula is C24H29N3O3. The van der Waals surface area contributed by atoms with E-state index in [1.165, 1.54) is 13.5 Å². The summed E-state index contributed by atoms with van der Waals surface area (Å²) in [4.78, 5) is 29.7. The minimum Gasteiger partial charge on any atom is -0.453 e. The van der Waals surface area contributed by atoms with Gasteiger partial charge < -0.3 is 4.74 Å². The highest BCUT2D eigenvalue weighted by molar-refractivity contribution is 6.05. The first kappa shape index (κ1) is 20.4. The highest BCUT2D eigenvalue weighted by Gasteiger charge is 2.32. The third kappa shape index (κ3) is 4.05. The SMILES string of the molecule is COC(=O)Nc1ccc2c(c1)N(C(=O)[C@@H](C)N1CCCCC1)c1ccccc1CC2. The number of fused-ring (bicyclic) bond motifs is 2. The molecular weight excluding hydrogens is 378 g/mol. The molecule has 1 fully saturated rings. The largest absolute Gasteiger partial charge is 0.453 e. The Morgan fingerprint density at radius 2 is 1.67 bits per heavy atom. The molecule has 0 aromatic heterocycles. The lowest BCUT2D eigenvalue weighted by Crippen LogP contribution is -2.47. The van der Waals surface area contributed by atoms with Crippen LogP contribution in [-0.2, 0) is 22.4 Å². The van der Waals surface area contributed by atoms with Crippen molar-refractivity contribution < 1.29 is 14.3 Å². The number of carbonyl (C=O) groups excluding carboxylic acids is 2. The number of carbonyl (C=O) groups is 2. The zero-order valence-corrected chi connectivity index (χ0v) is 17.7. The average molecular weight is 408 g/mol. The number of methoxy groups -OCH3 is 1. The molecule has 2 amide bonds. The van der Waals surface area contributed by atoms with Crippen molar-refractivity contribution in [1.29, 1.82) is 0 Å². The predicted octanol–water partition coefficient (Wildman–Crippen LogP) is 4.50. The Hall–Kier alpha value is -2.86. The normalized spacial score (nSPS) is 17.3. The quantitative estimate of drug-likeness (QED) is 0.814. The van der Waals surface area contributed by atoms with Crippen molar-refractivity contribution in [2.45, 2.75) is 45.1 Å². The van der Waals surface area contributed by atoms with Crippen LogP contribution in [0.2, 0.25) is 0 Å². The Morgan fingerprint density at radius 3 is 2.40 bits per heavy atom. The summed E-state index contributed by atoms with van der Waals surface area (Å²) < 4.78 is 4.73. The van der Waals surface area contributed by atoms with Crippen LogP contribution in [-0.4, -0.2) is 43.1 Å². The molecule has 2 aromatic carbocycles. The van der Waals surface area contributed by atoms with Gasteiger partial charge in [0.2, 0.25) is 5.91 Å². The highest BCUT2D eigenvalue weighted by Crippen LogP contribution is 2.38. The molecule has 0 radical (unpaired) electrons. The lowest BCUT2D eigenvalue weighted by Gasteiger charge is -2.35. The minimum atomic E-state index is -0.525. The van der Waals surface area contributed by atoms with Crippen LogP contribution in [0.15, 0.2) is 42.5 Å². The maximum atomic E-state index is 13.8. The van der Waals surface area contributed by atoms with E-state index in [1.807, 2.05) is 48.2 Å². The van der Waals surface area contributed by atoms with Gasteiger partial charge in [-0.05, 0) is 75.0 Å². The fourth-order valence-corrected chi connectivity index (χ4v) is 4.46. The summed E-state index contributed by atoms with van der Waals surface area (Å²) in [5.74, 6) is 0.0720. The summed E-state index contributed by atoms with van der Waals surface area (Å²) in [6.07, 6.45) is 4.69. The molecule has 2 heterocycles. The van der Waals surface area contributed by atoms with E-state index < -0.39 is 6.09 Å². The van der Waals surface area contributed by atoms with Gasteiger partial charge in [0.05, 0.1) is 24.5 Å². The maximum Gasteiger partial charge on any atom is 0.411 e. The van der Waals surface area contributed by atoms with Gasteiger partial charge in [-0.15, -0.1) is 0 Å². The minimum absolute atomic E-state index is 0.0720. The number of para-hydroxylation sites is 1. The second-order valence-corrected chi connectivity index (χ2v) is 8.04. The van der Waals surface area contributed by atoms with Crippen LogP contribution in [0.25, 0.3) is 0 Å². The summed E-state index contributed by atoms with van der Waals surface area (Å²) in [5.41, 5.74) is 4.64. The molecule has 4 rings (SSSR count). The van der Waals surface area contributed by atoms with E-state index in [0.29, 0.717) is 5.69 Å². The second kappa shape index (κ2) is 8.88. The van der Waals surface area contributed by atoms with Crippen molar-refractivity contribution >= 4 is 29.1 Å². The van der Waals surface area contributed by atoms with Crippen LogP contribution in [0, 0.1) is 0 Å². The number of rotatable bonds is 3. The number of likely N-dealkylation sites (tertiary alicyclic amines) is 1. The number of piperidine rings is 1. The van der Waals surface area contributed by atoms with E-state index in [1.54, 1.807) is 0 Å². The predicted molar refractivity (Wildman–Crippen MR) is 118 cm³/mol. The van der Waals surface area contributed by atoms with Crippen molar-refractivity contribution in [3.8, 4) is 0 Å². The molecule has 0 aliphatic carbocycles. The summed E-state index contributed by atoms with van der Waals surface area (Å²) >= 11 is 0. The monoisotopic (exact) mass is 407 g/mol. The Labute approximate surface area is 177 Å². The fourth-order valence-electron chi connectivity index (χ4n) is 4.46. The van der Waals surface area contributed by atoms with E-state index in [2.05, 4.69) is 16.3 Å². The van der Waals surface area contributed by atoms with Gasteiger partial charge in [0.15, 0.2) is 0 Å². The number of hydrogen-bond donors (Lipinski definition) is 1. The topological polar surface area (TPSA) is 61.9 Å².